The van der Waals surface area contributed by atoms with Gasteiger partial charge >= 0.3 is 0 Å². The van der Waals surface area contributed by atoms with Gasteiger partial charge in [0.05, 0.1) is 5.57 Å². The van der Waals surface area contributed by atoms with E-state index in [4.69, 9.17) is 0 Å². The Morgan fingerprint density at radius 1 is 1.00 bits per heavy atom. The van der Waals surface area contributed by atoms with E-state index in [1.165, 1.54) is 10.3 Å². The predicted octanol–water partition coefficient (Wildman–Crippen LogP) is 4.54. The average Bonchev–Trinajstić information content (AvgIpc) is 3.26. The van der Waals surface area contributed by atoms with Crippen molar-refractivity contribution in [2.75, 3.05) is 19.6 Å². The Hall–Kier alpha value is -3.34. The number of aromatic nitrogens is 1. The monoisotopic (exact) mass is 441 g/mol. The number of nitrogens with zero attached hydrogens (tertiary/aromatic N) is 3. The lowest BCUT2D eigenvalue weighted by atomic mass is 9.97. The molecular formula is C28H31N3O2. The molecule has 1 aromatic heterocycles. The molecule has 5 rings (SSSR count). The first-order valence-corrected chi connectivity index (χ1v) is 11.9. The van der Waals surface area contributed by atoms with Crippen molar-refractivity contribution in [1.82, 2.24) is 14.4 Å². The van der Waals surface area contributed by atoms with Crippen molar-refractivity contribution < 1.29 is 9.59 Å². The molecule has 1 atom stereocenters. The number of carbonyl (C=O) groups is 2. The van der Waals surface area contributed by atoms with E-state index < -0.39 is 0 Å². The van der Waals surface area contributed by atoms with Gasteiger partial charge in [-0.05, 0) is 49.3 Å². The molecule has 0 aliphatic carbocycles. The Labute approximate surface area is 195 Å². The summed E-state index contributed by atoms with van der Waals surface area (Å²) in [5.74, 6) is 0.195. The minimum atomic E-state index is -0.169. The van der Waals surface area contributed by atoms with Crippen LogP contribution in [0.4, 0.5) is 0 Å². The fraction of sp³-hybridized carbons (Fsp3) is 0.357. The highest BCUT2D eigenvalue weighted by Gasteiger charge is 2.42. The summed E-state index contributed by atoms with van der Waals surface area (Å²) in [5, 5.41) is 1.18. The Morgan fingerprint density at radius 3 is 2.52 bits per heavy atom. The van der Waals surface area contributed by atoms with Crippen molar-refractivity contribution in [1.29, 1.82) is 0 Å². The highest BCUT2D eigenvalue weighted by atomic mass is 16.2. The molecule has 1 fully saturated rings. The molecule has 0 radical (unpaired) electrons. The fourth-order valence-corrected chi connectivity index (χ4v) is 5.29. The van der Waals surface area contributed by atoms with Crippen molar-refractivity contribution in [3.63, 3.8) is 0 Å². The molecular weight excluding hydrogens is 410 g/mol. The van der Waals surface area contributed by atoms with Crippen LogP contribution < -0.4 is 0 Å². The summed E-state index contributed by atoms with van der Waals surface area (Å²) in [4.78, 5) is 30.9. The number of amides is 2. The van der Waals surface area contributed by atoms with Gasteiger partial charge in [-0.1, -0.05) is 55.0 Å². The first-order chi connectivity index (χ1) is 15.9. The third-order valence-electron chi connectivity index (χ3n) is 7.04. The number of carbonyl (C=O) groups excluding carboxylic acids is 2. The van der Waals surface area contributed by atoms with Crippen LogP contribution in [0.3, 0.4) is 0 Å². The van der Waals surface area contributed by atoms with Gasteiger partial charge in [-0.3, -0.25) is 14.5 Å². The van der Waals surface area contributed by atoms with Crippen LogP contribution in [0, 0.1) is 12.8 Å². The molecule has 1 unspecified atom stereocenters. The normalized spacial score (nSPS) is 19.3. The van der Waals surface area contributed by atoms with Crippen LogP contribution in [-0.4, -0.2) is 45.8 Å². The van der Waals surface area contributed by atoms with E-state index in [1.54, 1.807) is 0 Å². The SMILES string of the molecule is Cc1ccc(C2=C(N3CCCC(C)C3)C(=O)N(CCc3cn(C)c4ccccc34)C2=O)cc1. The summed E-state index contributed by atoms with van der Waals surface area (Å²) in [6.07, 6.45) is 4.96. The zero-order chi connectivity index (χ0) is 23.1. The number of fused-ring (bicyclic) bond motifs is 1. The van der Waals surface area contributed by atoms with Crippen LogP contribution in [0.5, 0.6) is 0 Å². The quantitative estimate of drug-likeness (QED) is 0.546. The highest BCUT2D eigenvalue weighted by Crippen LogP contribution is 2.34. The lowest BCUT2D eigenvalue weighted by Gasteiger charge is -2.33. The van der Waals surface area contributed by atoms with Crippen LogP contribution in [0.25, 0.3) is 16.5 Å². The lowest BCUT2D eigenvalue weighted by Crippen LogP contribution is -2.39. The number of aryl methyl sites for hydroxylation is 2. The molecule has 0 N–H and O–H groups in total. The third-order valence-corrected chi connectivity index (χ3v) is 7.04. The number of hydrogen-bond acceptors (Lipinski definition) is 3. The molecule has 0 saturated carbocycles. The maximum atomic E-state index is 13.7. The smallest absolute Gasteiger partial charge is 0.277 e. The first-order valence-electron chi connectivity index (χ1n) is 11.9. The van der Waals surface area contributed by atoms with Crippen LogP contribution in [0.15, 0.2) is 60.4 Å². The molecule has 2 aliphatic rings. The van der Waals surface area contributed by atoms with Gasteiger partial charge in [0.1, 0.15) is 5.70 Å². The predicted molar refractivity (Wildman–Crippen MR) is 131 cm³/mol. The second-order valence-corrected chi connectivity index (χ2v) is 9.58. The van der Waals surface area contributed by atoms with Gasteiger partial charge in [-0.25, -0.2) is 0 Å². The molecule has 170 valence electrons. The van der Waals surface area contributed by atoms with Crippen LogP contribution in [0.2, 0.25) is 0 Å². The summed E-state index contributed by atoms with van der Waals surface area (Å²) in [5.41, 5.74) is 5.44. The van der Waals surface area contributed by atoms with Crippen molar-refractivity contribution >= 4 is 28.3 Å². The zero-order valence-corrected chi connectivity index (χ0v) is 19.7. The molecule has 3 heterocycles. The van der Waals surface area contributed by atoms with Crippen LogP contribution in [0.1, 0.15) is 36.5 Å². The van der Waals surface area contributed by atoms with E-state index in [9.17, 15) is 9.59 Å². The Balaban J connectivity index is 1.47. The summed E-state index contributed by atoms with van der Waals surface area (Å²) in [7, 11) is 2.03. The van der Waals surface area contributed by atoms with E-state index >= 15 is 0 Å². The number of likely N-dealkylation sites (tertiary alicyclic amines) is 1. The maximum Gasteiger partial charge on any atom is 0.277 e. The number of benzene rings is 2. The van der Waals surface area contributed by atoms with Crippen molar-refractivity contribution in [2.45, 2.75) is 33.1 Å². The fourth-order valence-electron chi connectivity index (χ4n) is 5.29. The van der Waals surface area contributed by atoms with Gasteiger partial charge in [-0.15, -0.1) is 0 Å². The maximum absolute atomic E-state index is 13.7. The highest BCUT2D eigenvalue weighted by molar-refractivity contribution is 6.35. The second-order valence-electron chi connectivity index (χ2n) is 9.58. The number of imide groups is 1. The van der Waals surface area contributed by atoms with Gasteiger partial charge < -0.3 is 9.47 Å². The summed E-state index contributed by atoms with van der Waals surface area (Å²) in [6, 6.07) is 16.2. The van der Waals surface area contributed by atoms with E-state index in [0.29, 0.717) is 30.2 Å². The molecule has 5 heteroatoms. The average molecular weight is 442 g/mol. The van der Waals surface area contributed by atoms with E-state index in [2.05, 4.69) is 34.7 Å². The number of hydrogen-bond donors (Lipinski definition) is 0. The largest absolute Gasteiger partial charge is 0.366 e. The van der Waals surface area contributed by atoms with Crippen molar-refractivity contribution in [2.24, 2.45) is 13.0 Å². The van der Waals surface area contributed by atoms with E-state index in [0.717, 1.165) is 48.1 Å². The zero-order valence-electron chi connectivity index (χ0n) is 19.7. The Bertz CT molecular complexity index is 1250. The number of piperidine rings is 1. The summed E-state index contributed by atoms with van der Waals surface area (Å²) >= 11 is 0. The van der Waals surface area contributed by atoms with E-state index in [1.807, 2.05) is 50.4 Å². The number of para-hydroxylation sites is 1. The minimum Gasteiger partial charge on any atom is -0.366 e. The van der Waals surface area contributed by atoms with Gasteiger partial charge in [-0.2, -0.15) is 0 Å². The molecule has 1 saturated heterocycles. The van der Waals surface area contributed by atoms with Crippen LogP contribution in [-0.2, 0) is 23.1 Å². The Morgan fingerprint density at radius 2 is 1.76 bits per heavy atom. The number of rotatable bonds is 5. The lowest BCUT2D eigenvalue weighted by molar-refractivity contribution is -0.137. The molecule has 2 aliphatic heterocycles. The summed E-state index contributed by atoms with van der Waals surface area (Å²) in [6.45, 7) is 6.28. The Kier molecular flexibility index (Phi) is 5.57. The first kappa shape index (κ1) is 21.5. The summed E-state index contributed by atoms with van der Waals surface area (Å²) < 4.78 is 2.11. The molecule has 3 aromatic rings. The van der Waals surface area contributed by atoms with Crippen molar-refractivity contribution in [3.8, 4) is 0 Å². The van der Waals surface area contributed by atoms with Crippen molar-refractivity contribution in [3.05, 3.63) is 77.1 Å². The molecule has 2 aromatic carbocycles. The van der Waals surface area contributed by atoms with Gasteiger partial charge in [0.25, 0.3) is 11.8 Å². The molecule has 33 heavy (non-hydrogen) atoms. The molecule has 5 nitrogen and oxygen atoms in total. The minimum absolute atomic E-state index is 0.148. The topological polar surface area (TPSA) is 45.6 Å². The second kappa shape index (κ2) is 8.54. The van der Waals surface area contributed by atoms with Crippen LogP contribution >= 0.6 is 0 Å². The van der Waals surface area contributed by atoms with Gasteiger partial charge in [0.15, 0.2) is 0 Å². The van der Waals surface area contributed by atoms with E-state index in [-0.39, 0.29) is 11.8 Å². The molecule has 2 amide bonds. The molecule has 0 spiro atoms. The standard InChI is InChI=1S/C28H31N3O2/c1-19-10-12-21(13-11-19)25-26(30-15-6-7-20(2)17-30)28(33)31(27(25)32)16-14-22-18-29(3)24-9-5-4-8-23(22)24/h4-5,8-13,18,20H,6-7,14-17H2,1-3H3. The van der Waals surface area contributed by atoms with Gasteiger partial charge in [0.2, 0.25) is 0 Å². The van der Waals surface area contributed by atoms with Gasteiger partial charge in [0, 0.05) is 43.8 Å². The molecule has 0 bridgehead atoms. The third kappa shape index (κ3) is 3.86.